The number of carbonyl (C=O) groups excluding carboxylic acids is 1. The molecule has 2 aromatic heterocycles. The van der Waals surface area contributed by atoms with Gasteiger partial charge in [-0.2, -0.15) is 0 Å². The molecule has 3 rings (SSSR count). The van der Waals surface area contributed by atoms with Crippen LogP contribution in [0, 0.1) is 6.92 Å². The van der Waals surface area contributed by atoms with Crippen molar-refractivity contribution in [2.75, 3.05) is 6.54 Å². The summed E-state index contributed by atoms with van der Waals surface area (Å²) in [5.74, 6) is -0.0833. The van der Waals surface area contributed by atoms with Gasteiger partial charge < -0.3 is 9.88 Å². The number of para-hydroxylation sites is 1. The number of fused-ring (bicyclic) bond motifs is 1. The lowest BCUT2D eigenvalue weighted by molar-refractivity contribution is -0.121. The van der Waals surface area contributed by atoms with E-state index in [1.54, 1.807) is 6.92 Å². The van der Waals surface area contributed by atoms with Crippen LogP contribution in [0.4, 0.5) is 0 Å². The van der Waals surface area contributed by atoms with Gasteiger partial charge in [0, 0.05) is 36.6 Å². The highest BCUT2D eigenvalue weighted by Crippen LogP contribution is 2.14. The second kappa shape index (κ2) is 6.48. The number of hydrogen-bond donors (Lipinski definition) is 1. The molecular formula is C17H18N4O2. The molecule has 0 aliphatic rings. The Morgan fingerprint density at radius 3 is 2.91 bits per heavy atom. The molecule has 0 saturated carbocycles. The summed E-state index contributed by atoms with van der Waals surface area (Å²) in [6.07, 6.45) is 4.93. The van der Waals surface area contributed by atoms with Crippen molar-refractivity contribution in [3.63, 3.8) is 0 Å². The van der Waals surface area contributed by atoms with E-state index >= 15 is 0 Å². The van der Waals surface area contributed by atoms with Crippen molar-refractivity contribution in [2.45, 2.75) is 20.0 Å². The quantitative estimate of drug-likeness (QED) is 0.773. The van der Waals surface area contributed by atoms with E-state index in [2.05, 4.69) is 10.3 Å². The predicted molar refractivity (Wildman–Crippen MR) is 88.2 cm³/mol. The molecule has 0 atom stereocenters. The number of nitrogens with zero attached hydrogens (tertiary/aromatic N) is 3. The third-order valence-electron chi connectivity index (χ3n) is 3.74. The number of nitrogens with one attached hydrogen (secondary N) is 1. The summed E-state index contributed by atoms with van der Waals surface area (Å²) in [5.41, 5.74) is 1.55. The largest absolute Gasteiger partial charge is 0.353 e. The molecule has 6 nitrogen and oxygen atoms in total. The van der Waals surface area contributed by atoms with Crippen molar-refractivity contribution in [1.82, 2.24) is 19.4 Å². The van der Waals surface area contributed by atoms with E-state index in [1.807, 2.05) is 41.1 Å². The maximum absolute atomic E-state index is 12.1. The van der Waals surface area contributed by atoms with Crippen LogP contribution in [0.15, 0.2) is 53.8 Å². The number of amides is 1. The van der Waals surface area contributed by atoms with Gasteiger partial charge in [0.1, 0.15) is 6.54 Å². The molecule has 0 unspecified atom stereocenters. The predicted octanol–water partition coefficient (Wildman–Crippen LogP) is 1.32. The molecule has 0 aliphatic carbocycles. The van der Waals surface area contributed by atoms with Gasteiger partial charge in [0.05, 0.1) is 6.33 Å². The molecule has 0 spiro atoms. The van der Waals surface area contributed by atoms with Crippen molar-refractivity contribution in [1.29, 1.82) is 0 Å². The summed E-state index contributed by atoms with van der Waals surface area (Å²) in [6, 6.07) is 9.91. The molecule has 23 heavy (non-hydrogen) atoms. The fraction of sp³-hybridized carbons (Fsp3) is 0.235. The summed E-state index contributed by atoms with van der Waals surface area (Å²) >= 11 is 0. The van der Waals surface area contributed by atoms with E-state index in [1.165, 1.54) is 17.1 Å². The van der Waals surface area contributed by atoms with Crippen molar-refractivity contribution in [2.24, 2.45) is 0 Å². The third-order valence-corrected chi connectivity index (χ3v) is 3.74. The fourth-order valence-corrected chi connectivity index (χ4v) is 2.52. The van der Waals surface area contributed by atoms with Gasteiger partial charge in [0.15, 0.2) is 0 Å². The highest BCUT2D eigenvalue weighted by molar-refractivity contribution is 5.83. The maximum Gasteiger partial charge on any atom is 0.256 e. The molecule has 1 N–H and O–H groups in total. The van der Waals surface area contributed by atoms with Gasteiger partial charge in [-0.3, -0.25) is 14.2 Å². The summed E-state index contributed by atoms with van der Waals surface area (Å²) in [7, 11) is 0. The lowest BCUT2D eigenvalue weighted by Crippen LogP contribution is -2.33. The van der Waals surface area contributed by atoms with E-state index in [0.717, 1.165) is 10.9 Å². The van der Waals surface area contributed by atoms with Gasteiger partial charge >= 0.3 is 0 Å². The Morgan fingerprint density at radius 1 is 1.22 bits per heavy atom. The third kappa shape index (κ3) is 3.31. The van der Waals surface area contributed by atoms with Crippen molar-refractivity contribution in [3.8, 4) is 0 Å². The Morgan fingerprint density at radius 2 is 2.04 bits per heavy atom. The standard InChI is InChI=1S/C17H18N4O2/c1-13-10-18-12-21(17(13)23)9-7-19-16(22)11-20-8-6-14-4-2-3-5-15(14)20/h2-6,8,10,12H,7,9,11H2,1H3,(H,19,22). The Bertz CT molecular complexity index is 895. The molecule has 6 heteroatoms. The summed E-state index contributed by atoms with van der Waals surface area (Å²) in [6.45, 7) is 2.78. The summed E-state index contributed by atoms with van der Waals surface area (Å²) in [5, 5.41) is 3.94. The average Bonchev–Trinajstić information content (AvgIpc) is 2.95. The molecule has 0 aliphatic heterocycles. The lowest BCUT2D eigenvalue weighted by Gasteiger charge is -2.09. The Hall–Kier alpha value is -2.89. The zero-order valence-electron chi connectivity index (χ0n) is 12.9. The molecule has 0 radical (unpaired) electrons. The van der Waals surface area contributed by atoms with E-state index in [9.17, 15) is 9.59 Å². The first kappa shape index (κ1) is 15.0. The van der Waals surface area contributed by atoms with Gasteiger partial charge in [0.25, 0.3) is 5.56 Å². The zero-order chi connectivity index (χ0) is 16.2. The Balaban J connectivity index is 1.58. The van der Waals surface area contributed by atoms with Crippen LogP contribution in [0.3, 0.4) is 0 Å². The molecule has 118 valence electrons. The number of rotatable bonds is 5. The minimum atomic E-state index is -0.0833. The highest BCUT2D eigenvalue weighted by Gasteiger charge is 2.06. The molecule has 1 amide bonds. The second-order valence-corrected chi connectivity index (χ2v) is 5.43. The summed E-state index contributed by atoms with van der Waals surface area (Å²) in [4.78, 5) is 27.9. The topological polar surface area (TPSA) is 68.9 Å². The first-order valence-corrected chi connectivity index (χ1v) is 7.47. The molecule has 0 bridgehead atoms. The Labute approximate surface area is 133 Å². The average molecular weight is 310 g/mol. The number of carbonyl (C=O) groups is 1. The lowest BCUT2D eigenvalue weighted by atomic mass is 10.2. The van der Waals surface area contributed by atoms with E-state index in [4.69, 9.17) is 0 Å². The highest BCUT2D eigenvalue weighted by atomic mass is 16.2. The smallest absolute Gasteiger partial charge is 0.256 e. The van der Waals surface area contributed by atoms with Gasteiger partial charge in [-0.05, 0) is 24.4 Å². The van der Waals surface area contributed by atoms with Crippen molar-refractivity contribution in [3.05, 3.63) is 65.0 Å². The molecule has 0 saturated heterocycles. The minimum Gasteiger partial charge on any atom is -0.353 e. The van der Waals surface area contributed by atoms with Crippen molar-refractivity contribution >= 4 is 16.8 Å². The Kier molecular flexibility index (Phi) is 4.23. The van der Waals surface area contributed by atoms with Gasteiger partial charge in [-0.1, -0.05) is 18.2 Å². The first-order valence-electron chi connectivity index (χ1n) is 7.47. The number of benzene rings is 1. The number of aromatic nitrogens is 3. The molecular weight excluding hydrogens is 292 g/mol. The van der Waals surface area contributed by atoms with Crippen LogP contribution in [0.1, 0.15) is 5.56 Å². The van der Waals surface area contributed by atoms with Gasteiger partial charge in [0.2, 0.25) is 5.91 Å². The molecule has 0 fully saturated rings. The summed E-state index contributed by atoms with van der Waals surface area (Å²) < 4.78 is 3.41. The fourth-order valence-electron chi connectivity index (χ4n) is 2.52. The molecule has 3 aromatic rings. The monoisotopic (exact) mass is 310 g/mol. The maximum atomic E-state index is 12.1. The second-order valence-electron chi connectivity index (χ2n) is 5.43. The number of aryl methyl sites for hydroxylation is 1. The number of hydrogen-bond acceptors (Lipinski definition) is 3. The SMILES string of the molecule is Cc1cncn(CCNC(=O)Cn2ccc3ccccc32)c1=O. The van der Waals surface area contributed by atoms with Crippen LogP contribution in [0.2, 0.25) is 0 Å². The first-order chi connectivity index (χ1) is 11.1. The normalized spacial score (nSPS) is 10.8. The van der Waals surface area contributed by atoms with Gasteiger partial charge in [-0.25, -0.2) is 4.98 Å². The zero-order valence-corrected chi connectivity index (χ0v) is 12.9. The van der Waals surface area contributed by atoms with Gasteiger partial charge in [-0.15, -0.1) is 0 Å². The van der Waals surface area contributed by atoms with Crippen molar-refractivity contribution < 1.29 is 4.79 Å². The molecule has 2 heterocycles. The van der Waals surface area contributed by atoms with Crippen LogP contribution in [-0.4, -0.2) is 26.6 Å². The van der Waals surface area contributed by atoms with Crippen LogP contribution in [0.25, 0.3) is 10.9 Å². The van der Waals surface area contributed by atoms with Crippen LogP contribution >= 0.6 is 0 Å². The van der Waals surface area contributed by atoms with E-state index in [-0.39, 0.29) is 18.0 Å². The van der Waals surface area contributed by atoms with E-state index in [0.29, 0.717) is 18.7 Å². The molecule has 1 aromatic carbocycles. The van der Waals surface area contributed by atoms with E-state index < -0.39 is 0 Å². The van der Waals surface area contributed by atoms with Crippen LogP contribution < -0.4 is 10.9 Å². The van der Waals surface area contributed by atoms with Crippen LogP contribution in [0.5, 0.6) is 0 Å². The minimum absolute atomic E-state index is 0.0781. The van der Waals surface area contributed by atoms with Crippen LogP contribution in [-0.2, 0) is 17.9 Å².